The van der Waals surface area contributed by atoms with E-state index in [0.29, 0.717) is 6.04 Å². The van der Waals surface area contributed by atoms with Crippen molar-refractivity contribution < 1.29 is 4.79 Å². The standard InChI is InChI=1S/C11H20N2O.ClH/c1-4-8(2)11(14)13-10-6-5-7-12-9(10)3;/h4,9-10,12H,5-7H2,1-3H3,(H,13,14);1H/b8-4-;. The molecule has 15 heavy (non-hydrogen) atoms. The number of allylic oxidation sites excluding steroid dienone is 1. The van der Waals surface area contributed by atoms with Crippen molar-refractivity contribution in [2.75, 3.05) is 6.54 Å². The summed E-state index contributed by atoms with van der Waals surface area (Å²) in [5.41, 5.74) is 0.794. The Bertz CT molecular complexity index is 241. The summed E-state index contributed by atoms with van der Waals surface area (Å²) in [5, 5.41) is 6.41. The van der Waals surface area contributed by atoms with E-state index in [9.17, 15) is 4.79 Å². The van der Waals surface area contributed by atoms with Crippen molar-refractivity contribution in [2.45, 2.75) is 45.7 Å². The van der Waals surface area contributed by atoms with Crippen LogP contribution in [0.25, 0.3) is 0 Å². The molecular weight excluding hydrogens is 212 g/mol. The molecule has 1 aliphatic rings. The van der Waals surface area contributed by atoms with Crippen LogP contribution in [0.1, 0.15) is 33.6 Å². The summed E-state index contributed by atoms with van der Waals surface area (Å²) in [7, 11) is 0. The van der Waals surface area contributed by atoms with Gasteiger partial charge in [-0.15, -0.1) is 12.4 Å². The van der Waals surface area contributed by atoms with Gasteiger partial charge in [0.05, 0.1) is 0 Å². The zero-order valence-electron chi connectivity index (χ0n) is 9.67. The predicted molar refractivity (Wildman–Crippen MR) is 65.3 cm³/mol. The van der Waals surface area contributed by atoms with Crippen LogP contribution in [0.2, 0.25) is 0 Å². The lowest BCUT2D eigenvalue weighted by Gasteiger charge is -2.30. The first-order valence-electron chi connectivity index (χ1n) is 5.32. The lowest BCUT2D eigenvalue weighted by atomic mass is 9.99. The molecule has 0 bridgehead atoms. The van der Waals surface area contributed by atoms with Gasteiger partial charge in [-0.05, 0) is 40.2 Å². The van der Waals surface area contributed by atoms with Gasteiger partial charge < -0.3 is 10.6 Å². The van der Waals surface area contributed by atoms with E-state index < -0.39 is 0 Å². The zero-order valence-corrected chi connectivity index (χ0v) is 10.5. The van der Waals surface area contributed by atoms with Crippen molar-refractivity contribution >= 4 is 18.3 Å². The van der Waals surface area contributed by atoms with E-state index >= 15 is 0 Å². The SMILES string of the molecule is C/C=C(/C)C(=O)NC1CCCNC1C.Cl. The van der Waals surface area contributed by atoms with Crippen molar-refractivity contribution in [1.82, 2.24) is 10.6 Å². The third-order valence-electron chi connectivity index (χ3n) is 2.87. The highest BCUT2D eigenvalue weighted by Crippen LogP contribution is 2.08. The number of piperidine rings is 1. The van der Waals surface area contributed by atoms with Crippen LogP contribution in [0.4, 0.5) is 0 Å². The van der Waals surface area contributed by atoms with Crippen LogP contribution in [-0.2, 0) is 4.79 Å². The number of carbonyl (C=O) groups is 1. The highest BCUT2D eigenvalue weighted by molar-refractivity contribution is 5.92. The van der Waals surface area contributed by atoms with Crippen LogP contribution in [0.3, 0.4) is 0 Å². The van der Waals surface area contributed by atoms with E-state index in [-0.39, 0.29) is 24.4 Å². The first-order valence-corrected chi connectivity index (χ1v) is 5.32. The first kappa shape index (κ1) is 14.5. The summed E-state index contributed by atoms with van der Waals surface area (Å²) in [6, 6.07) is 0.670. The minimum Gasteiger partial charge on any atom is -0.348 e. The van der Waals surface area contributed by atoms with Crippen molar-refractivity contribution in [3.8, 4) is 0 Å². The third-order valence-corrected chi connectivity index (χ3v) is 2.87. The molecule has 1 aliphatic heterocycles. The fourth-order valence-electron chi connectivity index (χ4n) is 1.65. The summed E-state index contributed by atoms with van der Waals surface area (Å²) < 4.78 is 0. The van der Waals surface area contributed by atoms with Crippen LogP contribution in [0.15, 0.2) is 11.6 Å². The first-order chi connectivity index (χ1) is 6.65. The van der Waals surface area contributed by atoms with Crippen LogP contribution in [0.5, 0.6) is 0 Å². The molecular formula is C11H21ClN2O. The molecule has 2 N–H and O–H groups in total. The van der Waals surface area contributed by atoms with E-state index in [2.05, 4.69) is 17.6 Å². The Morgan fingerprint density at radius 3 is 2.73 bits per heavy atom. The van der Waals surface area contributed by atoms with Crippen molar-refractivity contribution in [2.24, 2.45) is 0 Å². The summed E-state index contributed by atoms with van der Waals surface area (Å²) in [4.78, 5) is 11.6. The van der Waals surface area contributed by atoms with Crippen LogP contribution in [-0.4, -0.2) is 24.5 Å². The van der Waals surface area contributed by atoms with E-state index in [0.717, 1.165) is 25.0 Å². The number of carbonyl (C=O) groups excluding carboxylic acids is 1. The number of hydrogen-bond acceptors (Lipinski definition) is 2. The maximum absolute atomic E-state index is 11.6. The summed E-state index contributed by atoms with van der Waals surface area (Å²) >= 11 is 0. The lowest BCUT2D eigenvalue weighted by Crippen LogP contribution is -2.52. The zero-order chi connectivity index (χ0) is 10.6. The molecule has 1 amide bonds. The topological polar surface area (TPSA) is 41.1 Å². The van der Waals surface area contributed by atoms with E-state index in [4.69, 9.17) is 0 Å². The van der Waals surface area contributed by atoms with Crippen LogP contribution < -0.4 is 10.6 Å². The third kappa shape index (κ3) is 4.22. The van der Waals surface area contributed by atoms with E-state index in [1.54, 1.807) is 0 Å². The van der Waals surface area contributed by atoms with Gasteiger partial charge in [-0.1, -0.05) is 6.08 Å². The van der Waals surface area contributed by atoms with Gasteiger partial charge in [-0.3, -0.25) is 4.79 Å². The van der Waals surface area contributed by atoms with Crippen molar-refractivity contribution in [1.29, 1.82) is 0 Å². The average molecular weight is 233 g/mol. The Balaban J connectivity index is 0.00000196. The van der Waals surface area contributed by atoms with Crippen molar-refractivity contribution in [3.05, 3.63) is 11.6 Å². The second-order valence-electron chi connectivity index (χ2n) is 3.94. The molecule has 1 saturated heterocycles. The van der Waals surface area contributed by atoms with Crippen LogP contribution >= 0.6 is 12.4 Å². The summed E-state index contributed by atoms with van der Waals surface area (Å²) in [6.07, 6.45) is 4.07. The molecule has 0 aliphatic carbocycles. The molecule has 2 unspecified atom stereocenters. The Hall–Kier alpha value is -0.540. The van der Waals surface area contributed by atoms with Crippen LogP contribution in [0, 0.1) is 0 Å². The molecule has 0 spiro atoms. The molecule has 2 atom stereocenters. The fourth-order valence-corrected chi connectivity index (χ4v) is 1.65. The fraction of sp³-hybridized carbons (Fsp3) is 0.727. The minimum absolute atomic E-state index is 0. The average Bonchev–Trinajstić information content (AvgIpc) is 2.20. The number of hydrogen-bond donors (Lipinski definition) is 2. The minimum atomic E-state index is 0. The predicted octanol–water partition coefficient (Wildman–Crippen LogP) is 1.63. The Labute approximate surface area is 98.1 Å². The quantitative estimate of drug-likeness (QED) is 0.711. The molecule has 3 nitrogen and oxygen atoms in total. The van der Waals surface area contributed by atoms with Gasteiger partial charge in [0.25, 0.3) is 0 Å². The molecule has 0 radical (unpaired) electrons. The smallest absolute Gasteiger partial charge is 0.246 e. The molecule has 0 aromatic carbocycles. The number of rotatable bonds is 2. The molecule has 88 valence electrons. The normalized spacial score (nSPS) is 26.7. The van der Waals surface area contributed by atoms with Gasteiger partial charge in [0.1, 0.15) is 0 Å². The van der Waals surface area contributed by atoms with E-state index in [1.165, 1.54) is 0 Å². The van der Waals surface area contributed by atoms with Gasteiger partial charge in [0, 0.05) is 17.7 Å². The second kappa shape index (κ2) is 6.85. The van der Waals surface area contributed by atoms with Gasteiger partial charge in [0.2, 0.25) is 5.91 Å². The van der Waals surface area contributed by atoms with Crippen molar-refractivity contribution in [3.63, 3.8) is 0 Å². The highest BCUT2D eigenvalue weighted by Gasteiger charge is 2.22. The molecule has 0 aromatic heterocycles. The molecule has 4 heteroatoms. The molecule has 1 heterocycles. The summed E-state index contributed by atoms with van der Waals surface area (Å²) in [5.74, 6) is 0.0630. The van der Waals surface area contributed by atoms with E-state index in [1.807, 2.05) is 19.9 Å². The second-order valence-corrected chi connectivity index (χ2v) is 3.94. The maximum atomic E-state index is 11.6. The number of halogens is 1. The Morgan fingerprint density at radius 1 is 1.53 bits per heavy atom. The molecule has 0 saturated carbocycles. The van der Waals surface area contributed by atoms with Gasteiger partial charge in [0.15, 0.2) is 0 Å². The monoisotopic (exact) mass is 232 g/mol. The van der Waals surface area contributed by atoms with Gasteiger partial charge in [-0.25, -0.2) is 0 Å². The Kier molecular flexibility index (Phi) is 6.61. The molecule has 1 rings (SSSR count). The number of amides is 1. The highest BCUT2D eigenvalue weighted by atomic mass is 35.5. The maximum Gasteiger partial charge on any atom is 0.246 e. The molecule has 1 fully saturated rings. The van der Waals surface area contributed by atoms with Gasteiger partial charge >= 0.3 is 0 Å². The largest absolute Gasteiger partial charge is 0.348 e. The Morgan fingerprint density at radius 2 is 2.20 bits per heavy atom. The number of nitrogens with one attached hydrogen (secondary N) is 2. The lowest BCUT2D eigenvalue weighted by molar-refractivity contribution is -0.118. The van der Waals surface area contributed by atoms with Gasteiger partial charge in [-0.2, -0.15) is 0 Å². The summed E-state index contributed by atoms with van der Waals surface area (Å²) in [6.45, 7) is 6.92. The molecule has 0 aromatic rings.